The molecule has 0 atom stereocenters. The van der Waals surface area contributed by atoms with E-state index >= 15 is 0 Å². The van der Waals surface area contributed by atoms with E-state index in [0.29, 0.717) is 12.8 Å². The van der Waals surface area contributed by atoms with Crippen molar-refractivity contribution < 1.29 is 19.1 Å². The lowest BCUT2D eigenvalue weighted by atomic mass is 9.72. The Morgan fingerprint density at radius 1 is 0.958 bits per heavy atom. The van der Waals surface area contributed by atoms with Crippen LogP contribution in [0.3, 0.4) is 0 Å². The molecule has 0 aliphatic carbocycles. The van der Waals surface area contributed by atoms with Crippen molar-refractivity contribution in [3.8, 4) is 0 Å². The number of carbonyl (C=O) groups excluding carboxylic acids is 1. The van der Waals surface area contributed by atoms with Gasteiger partial charge in [-0.3, -0.25) is 9.59 Å². The maximum atomic E-state index is 13.8. The number of hydrogen-bond acceptors (Lipinski definition) is 2. The molecular weight excluding hydrogens is 309 g/mol. The van der Waals surface area contributed by atoms with Crippen LogP contribution in [0.15, 0.2) is 54.6 Å². The van der Waals surface area contributed by atoms with Crippen molar-refractivity contribution in [1.29, 1.82) is 0 Å². The number of amides is 1. The molecular formula is C19H18FNO3. The van der Waals surface area contributed by atoms with Crippen LogP contribution in [-0.4, -0.2) is 35.0 Å². The fourth-order valence-corrected chi connectivity index (χ4v) is 3.28. The van der Waals surface area contributed by atoms with Crippen LogP contribution in [0.4, 0.5) is 4.39 Å². The lowest BCUT2D eigenvalue weighted by Crippen LogP contribution is -2.49. The van der Waals surface area contributed by atoms with Crippen molar-refractivity contribution in [2.45, 2.75) is 18.3 Å². The molecule has 1 aliphatic heterocycles. The molecule has 1 N–H and O–H groups in total. The quantitative estimate of drug-likeness (QED) is 0.942. The summed E-state index contributed by atoms with van der Waals surface area (Å²) in [5, 5.41) is 9.76. The van der Waals surface area contributed by atoms with E-state index in [4.69, 9.17) is 0 Å². The molecule has 5 heteroatoms. The standard InChI is InChI=1S/C19H18FNO3/c20-16-9-5-4-8-15(16)17(22)21-12-10-19(11-13-21,18(23)24)14-6-2-1-3-7-14/h1-9H,10-13H2,(H,23,24). The molecule has 0 unspecified atom stereocenters. The fourth-order valence-electron chi connectivity index (χ4n) is 3.28. The van der Waals surface area contributed by atoms with Crippen LogP contribution in [-0.2, 0) is 10.2 Å². The van der Waals surface area contributed by atoms with Gasteiger partial charge in [0.15, 0.2) is 0 Å². The third-order valence-electron chi connectivity index (χ3n) is 4.74. The highest BCUT2D eigenvalue weighted by Gasteiger charge is 2.44. The molecule has 24 heavy (non-hydrogen) atoms. The number of rotatable bonds is 3. The Labute approximate surface area is 139 Å². The molecule has 0 aromatic heterocycles. The van der Waals surface area contributed by atoms with Gasteiger partial charge in [-0.1, -0.05) is 42.5 Å². The maximum Gasteiger partial charge on any atom is 0.314 e. The van der Waals surface area contributed by atoms with Crippen LogP contribution in [0.5, 0.6) is 0 Å². The highest BCUT2D eigenvalue weighted by Crippen LogP contribution is 2.36. The number of carboxylic acids is 1. The Bertz CT molecular complexity index is 752. The second-order valence-corrected chi connectivity index (χ2v) is 6.03. The zero-order valence-electron chi connectivity index (χ0n) is 13.1. The number of piperidine rings is 1. The molecule has 1 saturated heterocycles. The summed E-state index contributed by atoms with van der Waals surface area (Å²) in [5.41, 5.74) is -0.219. The number of carboxylic acid groups (broad SMARTS) is 1. The largest absolute Gasteiger partial charge is 0.481 e. The molecule has 1 aliphatic rings. The molecule has 0 radical (unpaired) electrons. The van der Waals surface area contributed by atoms with E-state index < -0.39 is 17.2 Å². The molecule has 0 saturated carbocycles. The monoisotopic (exact) mass is 327 g/mol. The zero-order valence-corrected chi connectivity index (χ0v) is 13.1. The highest BCUT2D eigenvalue weighted by atomic mass is 19.1. The van der Waals surface area contributed by atoms with E-state index in [2.05, 4.69) is 0 Å². The summed E-state index contributed by atoms with van der Waals surface area (Å²) in [6, 6.07) is 14.9. The second kappa shape index (κ2) is 6.43. The van der Waals surface area contributed by atoms with Crippen LogP contribution in [0.25, 0.3) is 0 Å². The Morgan fingerprint density at radius 2 is 1.54 bits per heavy atom. The molecule has 0 spiro atoms. The number of benzene rings is 2. The minimum absolute atomic E-state index is 0.0278. The van der Waals surface area contributed by atoms with Gasteiger partial charge in [0.1, 0.15) is 5.82 Å². The van der Waals surface area contributed by atoms with Crippen molar-refractivity contribution >= 4 is 11.9 Å². The van der Waals surface area contributed by atoms with Gasteiger partial charge in [0, 0.05) is 13.1 Å². The molecule has 1 fully saturated rings. The summed E-state index contributed by atoms with van der Waals surface area (Å²) < 4.78 is 13.8. The summed E-state index contributed by atoms with van der Waals surface area (Å²) >= 11 is 0. The van der Waals surface area contributed by atoms with Gasteiger partial charge in [-0.2, -0.15) is 0 Å². The molecule has 2 aromatic carbocycles. The van der Waals surface area contributed by atoms with Crippen molar-refractivity contribution in [2.24, 2.45) is 0 Å². The molecule has 124 valence electrons. The van der Waals surface area contributed by atoms with Crippen LogP contribution in [0.2, 0.25) is 0 Å². The highest BCUT2D eigenvalue weighted by molar-refractivity contribution is 5.94. The number of hydrogen-bond donors (Lipinski definition) is 1. The third-order valence-corrected chi connectivity index (χ3v) is 4.74. The molecule has 1 amide bonds. The van der Waals surface area contributed by atoms with Crippen molar-refractivity contribution in [2.75, 3.05) is 13.1 Å². The first-order valence-corrected chi connectivity index (χ1v) is 7.87. The van der Waals surface area contributed by atoms with Crippen LogP contribution < -0.4 is 0 Å². The number of nitrogens with zero attached hydrogens (tertiary/aromatic N) is 1. The van der Waals surface area contributed by atoms with Crippen LogP contribution in [0.1, 0.15) is 28.8 Å². The summed E-state index contributed by atoms with van der Waals surface area (Å²) in [5.74, 6) is -1.83. The predicted octanol–water partition coefficient (Wildman–Crippen LogP) is 3.08. The minimum Gasteiger partial charge on any atom is -0.481 e. The van der Waals surface area contributed by atoms with E-state index in [1.807, 2.05) is 30.3 Å². The number of carbonyl (C=O) groups is 2. The summed E-state index contributed by atoms with van der Waals surface area (Å²) in [6.07, 6.45) is 0.624. The van der Waals surface area contributed by atoms with Gasteiger partial charge in [0.25, 0.3) is 5.91 Å². The molecule has 4 nitrogen and oxygen atoms in total. The summed E-state index contributed by atoms with van der Waals surface area (Å²) in [4.78, 5) is 25.9. The maximum absolute atomic E-state index is 13.8. The van der Waals surface area contributed by atoms with E-state index in [9.17, 15) is 19.1 Å². The molecule has 2 aromatic rings. The Morgan fingerprint density at radius 3 is 2.12 bits per heavy atom. The van der Waals surface area contributed by atoms with E-state index in [1.165, 1.54) is 23.1 Å². The SMILES string of the molecule is O=C(c1ccccc1F)N1CCC(C(=O)O)(c2ccccc2)CC1. The number of halogens is 1. The normalized spacial score (nSPS) is 16.6. The van der Waals surface area contributed by atoms with Gasteiger partial charge >= 0.3 is 5.97 Å². The van der Waals surface area contributed by atoms with Gasteiger partial charge in [-0.25, -0.2) is 4.39 Å². The Balaban J connectivity index is 1.80. The average molecular weight is 327 g/mol. The molecule has 3 rings (SSSR count). The van der Waals surface area contributed by atoms with Gasteiger partial charge < -0.3 is 10.0 Å². The van der Waals surface area contributed by atoms with Crippen molar-refractivity contribution in [3.63, 3.8) is 0 Å². The molecule has 0 bridgehead atoms. The Hall–Kier alpha value is -2.69. The Kier molecular flexibility index (Phi) is 4.34. The minimum atomic E-state index is -0.993. The zero-order chi connectivity index (χ0) is 17.2. The smallest absolute Gasteiger partial charge is 0.314 e. The lowest BCUT2D eigenvalue weighted by Gasteiger charge is -2.39. The topological polar surface area (TPSA) is 57.6 Å². The van der Waals surface area contributed by atoms with Crippen molar-refractivity contribution in [3.05, 3.63) is 71.5 Å². The third kappa shape index (κ3) is 2.77. The van der Waals surface area contributed by atoms with Gasteiger partial charge in [0.2, 0.25) is 0 Å². The predicted molar refractivity (Wildman–Crippen MR) is 87.3 cm³/mol. The molecule has 1 heterocycles. The fraction of sp³-hybridized carbons (Fsp3) is 0.263. The number of likely N-dealkylation sites (tertiary alicyclic amines) is 1. The first-order valence-electron chi connectivity index (χ1n) is 7.87. The summed E-state index contributed by atoms with van der Waals surface area (Å²) in [7, 11) is 0. The van der Waals surface area contributed by atoms with Gasteiger partial charge in [0.05, 0.1) is 11.0 Å². The summed E-state index contributed by atoms with van der Waals surface area (Å²) in [6.45, 7) is 0.572. The lowest BCUT2D eigenvalue weighted by molar-refractivity contribution is -0.145. The van der Waals surface area contributed by atoms with E-state index in [1.54, 1.807) is 6.07 Å². The number of aliphatic carboxylic acids is 1. The first-order chi connectivity index (χ1) is 11.5. The van der Waals surface area contributed by atoms with Gasteiger partial charge in [-0.05, 0) is 30.5 Å². The first kappa shape index (κ1) is 16.2. The van der Waals surface area contributed by atoms with Crippen LogP contribution >= 0.6 is 0 Å². The van der Waals surface area contributed by atoms with E-state index in [-0.39, 0.29) is 24.6 Å². The van der Waals surface area contributed by atoms with Crippen LogP contribution in [0, 0.1) is 5.82 Å². The van der Waals surface area contributed by atoms with Crippen molar-refractivity contribution in [1.82, 2.24) is 4.90 Å². The van der Waals surface area contributed by atoms with Gasteiger partial charge in [-0.15, -0.1) is 0 Å². The van der Waals surface area contributed by atoms with E-state index in [0.717, 1.165) is 5.56 Å². The second-order valence-electron chi connectivity index (χ2n) is 6.03. The average Bonchev–Trinajstić information content (AvgIpc) is 2.62.